The number of amides is 5. The zero-order valence-electron chi connectivity index (χ0n) is 21.6. The maximum atomic E-state index is 13.5. The molecule has 2 atom stereocenters. The number of carboxylic acid groups (broad SMARTS) is 1. The molecule has 5 amide bonds. The average Bonchev–Trinajstić information content (AvgIpc) is 2.91. The number of carbonyl (C=O) groups excluding carboxylic acids is 4. The number of fused-ring (bicyclic) bond motifs is 1. The average molecular weight is 554 g/mol. The van der Waals surface area contributed by atoms with Gasteiger partial charge in [0.25, 0.3) is 0 Å². The first-order valence-electron chi connectivity index (χ1n) is 12.4. The third kappa shape index (κ3) is 5.36. The first-order chi connectivity index (χ1) is 18.9. The number of carboxylic acids is 1. The van der Waals surface area contributed by atoms with Gasteiger partial charge in [0.05, 0.1) is 11.5 Å². The van der Waals surface area contributed by atoms with E-state index in [0.29, 0.717) is 10.5 Å². The van der Waals surface area contributed by atoms with Gasteiger partial charge in [-0.1, -0.05) is 12.1 Å². The minimum Gasteiger partial charge on any atom is -0.534 e. The number of carbonyl (C=O) groups is 5. The number of nitrogens with zero attached hydrogens (tertiary/aromatic N) is 2. The van der Waals surface area contributed by atoms with E-state index in [0.717, 1.165) is 6.07 Å². The van der Waals surface area contributed by atoms with Crippen LogP contribution in [-0.4, -0.2) is 92.6 Å². The molecule has 2 heterocycles. The molecule has 1 unspecified atom stereocenters. The molecular weight excluding hydrogens is 527 g/mol. The van der Waals surface area contributed by atoms with Crippen molar-refractivity contribution in [3.63, 3.8) is 0 Å². The molecule has 2 aromatic rings. The molecular formula is C25H27BN4O10. The summed E-state index contributed by atoms with van der Waals surface area (Å²) in [6, 6.07) is 4.17. The van der Waals surface area contributed by atoms with Crippen LogP contribution in [-0.2, 0) is 20.8 Å². The summed E-state index contributed by atoms with van der Waals surface area (Å²) in [4.78, 5) is 64.9. The molecule has 0 spiro atoms. The molecule has 2 aliphatic heterocycles. The molecule has 40 heavy (non-hydrogen) atoms. The van der Waals surface area contributed by atoms with Crippen molar-refractivity contribution in [1.82, 2.24) is 20.4 Å². The smallest absolute Gasteiger partial charge is 0.534 e. The zero-order valence-corrected chi connectivity index (χ0v) is 21.6. The highest BCUT2D eigenvalue weighted by molar-refractivity contribution is 6.47. The van der Waals surface area contributed by atoms with E-state index in [9.17, 15) is 44.3 Å². The van der Waals surface area contributed by atoms with Crippen LogP contribution in [0, 0.1) is 6.92 Å². The molecule has 0 aliphatic carbocycles. The number of para-hydroxylation sites is 1. The summed E-state index contributed by atoms with van der Waals surface area (Å²) in [7, 11) is -1.65. The topological polar surface area (TPSA) is 206 Å². The first kappa shape index (κ1) is 28.2. The van der Waals surface area contributed by atoms with Crippen molar-refractivity contribution in [2.24, 2.45) is 0 Å². The fourth-order valence-corrected chi connectivity index (χ4v) is 4.61. The minimum absolute atomic E-state index is 0.0180. The number of imide groups is 1. The number of likely N-dealkylation sites (N-methyl/N-ethyl adjacent to an activating group) is 1. The van der Waals surface area contributed by atoms with Gasteiger partial charge >= 0.3 is 30.9 Å². The molecule has 1 fully saturated rings. The van der Waals surface area contributed by atoms with E-state index in [4.69, 9.17) is 4.65 Å². The molecule has 4 rings (SSSR count). The molecule has 1 saturated heterocycles. The highest BCUT2D eigenvalue weighted by atomic mass is 16.5. The Kier molecular flexibility index (Phi) is 7.86. The van der Waals surface area contributed by atoms with E-state index in [1.54, 1.807) is 13.0 Å². The van der Waals surface area contributed by atoms with Crippen molar-refractivity contribution >= 4 is 36.8 Å². The number of hydrogen-bond acceptors (Lipinski definition) is 9. The second kappa shape index (κ2) is 11.1. The number of phenolic OH excluding ortho intramolecular Hbond substituents is 2. The van der Waals surface area contributed by atoms with Crippen molar-refractivity contribution < 1.29 is 49.0 Å². The van der Waals surface area contributed by atoms with Crippen LogP contribution in [0.2, 0.25) is 0 Å². The minimum atomic E-state index is -1.65. The number of urea groups is 1. The Bertz CT molecular complexity index is 1380. The number of aromatic carboxylic acids is 1. The quantitative estimate of drug-likeness (QED) is 0.156. The number of aromatic hydroxyl groups is 2. The molecule has 2 aromatic carbocycles. The lowest BCUT2D eigenvalue weighted by Crippen LogP contribution is -2.60. The van der Waals surface area contributed by atoms with Gasteiger partial charge in [-0.3, -0.25) is 19.3 Å². The van der Waals surface area contributed by atoms with Crippen LogP contribution >= 0.6 is 0 Å². The highest BCUT2D eigenvalue weighted by Gasteiger charge is 2.41. The van der Waals surface area contributed by atoms with Crippen LogP contribution in [0.25, 0.3) is 0 Å². The van der Waals surface area contributed by atoms with Gasteiger partial charge in [-0.15, -0.1) is 0 Å². The van der Waals surface area contributed by atoms with Gasteiger partial charge in [-0.05, 0) is 55.2 Å². The third-order valence-corrected chi connectivity index (χ3v) is 6.78. The van der Waals surface area contributed by atoms with Crippen LogP contribution in [0.5, 0.6) is 17.2 Å². The normalized spacial score (nSPS) is 17.6. The van der Waals surface area contributed by atoms with Gasteiger partial charge in [-0.2, -0.15) is 0 Å². The summed E-state index contributed by atoms with van der Waals surface area (Å²) >= 11 is 0. The second-order valence-electron chi connectivity index (χ2n) is 9.36. The van der Waals surface area contributed by atoms with Gasteiger partial charge in [-0.25, -0.2) is 9.59 Å². The summed E-state index contributed by atoms with van der Waals surface area (Å²) in [6.45, 7) is 3.41. The van der Waals surface area contributed by atoms with E-state index in [-0.39, 0.29) is 48.5 Å². The van der Waals surface area contributed by atoms with Crippen LogP contribution in [0.15, 0.2) is 30.3 Å². The van der Waals surface area contributed by atoms with E-state index in [1.165, 1.54) is 30.0 Å². The lowest BCUT2D eigenvalue weighted by atomic mass is 9.72. The second-order valence-corrected chi connectivity index (χ2v) is 9.36. The molecule has 0 aromatic heterocycles. The fraction of sp³-hybridized carbons (Fsp3) is 0.320. The monoisotopic (exact) mass is 554 g/mol. The van der Waals surface area contributed by atoms with Crippen molar-refractivity contribution in [2.45, 2.75) is 32.3 Å². The summed E-state index contributed by atoms with van der Waals surface area (Å²) in [5, 5.41) is 45.0. The zero-order chi connectivity index (χ0) is 29.3. The number of benzene rings is 2. The molecule has 15 heteroatoms. The Labute approximate surface area is 228 Å². The first-order valence-corrected chi connectivity index (χ1v) is 12.4. The Morgan fingerprint density at radius 2 is 1.88 bits per heavy atom. The number of rotatable bonds is 6. The van der Waals surface area contributed by atoms with E-state index >= 15 is 0 Å². The van der Waals surface area contributed by atoms with Crippen LogP contribution in [0.1, 0.15) is 40.0 Å². The fourth-order valence-electron chi connectivity index (χ4n) is 4.61. The number of hydrogen-bond donors (Lipinski definition) is 6. The third-order valence-electron chi connectivity index (χ3n) is 6.78. The molecule has 6 N–H and O–H groups in total. The predicted molar refractivity (Wildman–Crippen MR) is 137 cm³/mol. The number of phenols is 2. The van der Waals surface area contributed by atoms with E-state index in [1.807, 2.05) is 0 Å². The van der Waals surface area contributed by atoms with Crippen molar-refractivity contribution in [3.8, 4) is 17.2 Å². The van der Waals surface area contributed by atoms with Gasteiger partial charge in [0.2, 0.25) is 5.91 Å². The van der Waals surface area contributed by atoms with Crippen molar-refractivity contribution in [2.75, 3.05) is 19.6 Å². The molecule has 0 saturated carbocycles. The van der Waals surface area contributed by atoms with Crippen molar-refractivity contribution in [1.29, 1.82) is 0 Å². The molecule has 0 bridgehead atoms. The maximum Gasteiger partial charge on any atom is 0.547 e. The number of piperazine rings is 1. The van der Waals surface area contributed by atoms with E-state index in [2.05, 4.69) is 10.6 Å². The van der Waals surface area contributed by atoms with Crippen LogP contribution < -0.4 is 15.3 Å². The molecule has 210 valence electrons. The summed E-state index contributed by atoms with van der Waals surface area (Å²) in [6.07, 6.45) is -0.0180. The Balaban J connectivity index is 1.60. The standard InChI is InChI=1S/C25H27BN4O10/c1-3-29-7-8-30(23(35)22(29)34)25(38)28-18(14-9-12(2)19(32)16(31)10-14)21(33)27-17-11-13-5-4-6-15(24(36)37)20(13)40-26(17)39/h4-6,9-10,17-18,31-32,39H,3,7-8,11H2,1-2H3,(H,27,33)(H,28,38)(H,36,37)/t17-,18?/m0/s1. The van der Waals surface area contributed by atoms with E-state index < -0.39 is 60.3 Å². The lowest BCUT2D eigenvalue weighted by molar-refractivity contribution is -0.153. The Morgan fingerprint density at radius 1 is 1.15 bits per heavy atom. The van der Waals surface area contributed by atoms with Crippen LogP contribution in [0.3, 0.4) is 0 Å². The summed E-state index contributed by atoms with van der Waals surface area (Å²) < 4.78 is 5.40. The van der Waals surface area contributed by atoms with Crippen LogP contribution in [0.4, 0.5) is 4.79 Å². The van der Waals surface area contributed by atoms with Gasteiger partial charge < -0.3 is 40.5 Å². The predicted octanol–water partition coefficient (Wildman–Crippen LogP) is -0.315. The van der Waals surface area contributed by atoms with Gasteiger partial charge in [0.15, 0.2) is 11.5 Å². The molecule has 0 radical (unpaired) electrons. The largest absolute Gasteiger partial charge is 0.547 e. The van der Waals surface area contributed by atoms with Crippen molar-refractivity contribution in [3.05, 3.63) is 52.6 Å². The van der Waals surface area contributed by atoms with Gasteiger partial charge in [0.1, 0.15) is 11.8 Å². The number of aryl methyl sites for hydroxylation is 1. The Hall–Kier alpha value is -4.79. The highest BCUT2D eigenvalue weighted by Crippen LogP contribution is 2.33. The SMILES string of the molecule is CCN1CCN(C(=O)NC(C(=O)N[C@H]2Cc3cccc(C(=O)O)c3OB2O)c2cc(C)c(O)c(O)c2)C(=O)C1=O. The number of nitrogens with one attached hydrogen (secondary N) is 2. The molecule has 14 nitrogen and oxygen atoms in total. The van der Waals surface area contributed by atoms with Gasteiger partial charge in [0, 0.05) is 19.6 Å². The summed E-state index contributed by atoms with van der Waals surface area (Å²) in [5.74, 6) is -6.20. The Morgan fingerprint density at radius 3 is 2.52 bits per heavy atom. The lowest BCUT2D eigenvalue weighted by Gasteiger charge is -2.33. The maximum absolute atomic E-state index is 13.5. The summed E-state index contributed by atoms with van der Waals surface area (Å²) in [5.41, 5.74) is 0.460. The molecule has 2 aliphatic rings.